The maximum atomic E-state index is 5.90. The first kappa shape index (κ1) is 23.5. The van der Waals surface area contributed by atoms with Gasteiger partial charge in [0.05, 0.1) is 16.8 Å². The Morgan fingerprint density at radius 1 is 0.778 bits per heavy atom. The molecule has 0 radical (unpaired) electrons. The lowest BCUT2D eigenvalue weighted by Gasteiger charge is -2.06. The highest BCUT2D eigenvalue weighted by Gasteiger charge is 2.14. The van der Waals surface area contributed by atoms with Gasteiger partial charge in [0.2, 0.25) is 5.13 Å². The van der Waals surface area contributed by atoms with Crippen LogP contribution >= 0.6 is 11.3 Å². The summed E-state index contributed by atoms with van der Waals surface area (Å²) in [6, 6.07) is 35.1. The number of hydrogen-bond donors (Lipinski definition) is 1. The van der Waals surface area contributed by atoms with Crippen LogP contribution in [0, 0.1) is 13.8 Å². The van der Waals surface area contributed by atoms with E-state index in [-0.39, 0.29) is 0 Å². The molecule has 0 amide bonds. The van der Waals surface area contributed by atoms with Crippen molar-refractivity contribution in [2.24, 2.45) is 5.10 Å². The van der Waals surface area contributed by atoms with Crippen LogP contribution in [0.3, 0.4) is 0 Å². The van der Waals surface area contributed by atoms with Gasteiger partial charge in [-0.2, -0.15) is 5.10 Å². The van der Waals surface area contributed by atoms with Crippen LogP contribution in [0.15, 0.2) is 108 Å². The summed E-state index contributed by atoms with van der Waals surface area (Å²) in [6.45, 7) is 4.72. The molecule has 0 atom stereocenters. The fourth-order valence-electron chi connectivity index (χ4n) is 3.72. The van der Waals surface area contributed by atoms with E-state index >= 15 is 0 Å². The molecule has 0 aliphatic carbocycles. The van der Waals surface area contributed by atoms with Gasteiger partial charge < -0.3 is 4.74 Å². The SMILES string of the molecule is Cc1ccc(COc2ccc(/C=N\Nc3nc(-c4ccc(C)cc4)c(-c4ccccc4)s3)cc2)cc1. The highest BCUT2D eigenvalue weighted by Crippen LogP contribution is 2.39. The minimum Gasteiger partial charge on any atom is -0.489 e. The molecule has 0 fully saturated rings. The van der Waals surface area contributed by atoms with Crippen molar-refractivity contribution in [3.63, 3.8) is 0 Å². The third-order valence-electron chi connectivity index (χ3n) is 5.77. The van der Waals surface area contributed by atoms with Crippen LogP contribution in [0.1, 0.15) is 22.3 Å². The van der Waals surface area contributed by atoms with Gasteiger partial charge in [-0.15, -0.1) is 0 Å². The molecule has 1 aromatic heterocycles. The van der Waals surface area contributed by atoms with Gasteiger partial charge in [-0.05, 0) is 54.8 Å². The minimum atomic E-state index is 0.548. The molecule has 0 saturated heterocycles. The largest absolute Gasteiger partial charge is 0.489 e. The van der Waals surface area contributed by atoms with Crippen LogP contribution in [-0.4, -0.2) is 11.2 Å². The smallest absolute Gasteiger partial charge is 0.204 e. The molecule has 0 unspecified atom stereocenters. The van der Waals surface area contributed by atoms with E-state index in [9.17, 15) is 0 Å². The molecule has 0 saturated carbocycles. The van der Waals surface area contributed by atoms with Crippen LogP contribution in [-0.2, 0) is 6.61 Å². The van der Waals surface area contributed by atoms with Crippen LogP contribution < -0.4 is 10.2 Å². The van der Waals surface area contributed by atoms with Crippen molar-refractivity contribution in [2.75, 3.05) is 5.43 Å². The Morgan fingerprint density at radius 3 is 2.14 bits per heavy atom. The van der Waals surface area contributed by atoms with Crippen molar-refractivity contribution >= 4 is 22.7 Å². The summed E-state index contributed by atoms with van der Waals surface area (Å²) >= 11 is 1.60. The standard InChI is InChI=1S/C31H27N3OS/c1-22-8-12-25(13-9-22)21-35-28-18-14-24(15-19-28)20-32-34-31-33-29(26-16-10-23(2)11-17-26)30(36-31)27-6-4-3-5-7-27/h3-20H,21H2,1-2H3,(H,33,34)/b32-20-. The third kappa shape index (κ3) is 5.88. The predicted molar refractivity (Wildman–Crippen MR) is 151 cm³/mol. The normalized spacial score (nSPS) is 11.1. The highest BCUT2D eigenvalue weighted by atomic mass is 32.1. The second-order valence-corrected chi connectivity index (χ2v) is 9.64. The lowest BCUT2D eigenvalue weighted by molar-refractivity contribution is 0.306. The van der Waals surface area contributed by atoms with Crippen molar-refractivity contribution < 1.29 is 4.74 Å². The first-order chi connectivity index (χ1) is 17.6. The Hall–Kier alpha value is -4.22. The number of thiazole rings is 1. The summed E-state index contributed by atoms with van der Waals surface area (Å²) in [5, 5.41) is 5.18. The summed E-state index contributed by atoms with van der Waals surface area (Å²) in [6.07, 6.45) is 1.79. The molecule has 0 aliphatic heterocycles. The number of ether oxygens (including phenoxy) is 1. The maximum absolute atomic E-state index is 5.90. The molecule has 1 heterocycles. The average Bonchev–Trinajstić information content (AvgIpc) is 3.34. The van der Waals surface area contributed by atoms with Gasteiger partial charge >= 0.3 is 0 Å². The van der Waals surface area contributed by atoms with E-state index in [4.69, 9.17) is 9.72 Å². The van der Waals surface area contributed by atoms with E-state index < -0.39 is 0 Å². The first-order valence-corrected chi connectivity index (χ1v) is 12.7. The van der Waals surface area contributed by atoms with Gasteiger partial charge in [0, 0.05) is 5.56 Å². The maximum Gasteiger partial charge on any atom is 0.204 e. The number of anilines is 1. The molecular weight excluding hydrogens is 462 g/mol. The molecule has 0 spiro atoms. The molecule has 5 heteroatoms. The summed E-state index contributed by atoms with van der Waals surface area (Å²) < 4.78 is 5.90. The quantitative estimate of drug-likeness (QED) is 0.177. The molecule has 0 bridgehead atoms. The summed E-state index contributed by atoms with van der Waals surface area (Å²) in [5.41, 5.74) is 10.9. The van der Waals surface area contributed by atoms with E-state index in [1.807, 2.05) is 42.5 Å². The topological polar surface area (TPSA) is 46.5 Å². The lowest BCUT2D eigenvalue weighted by Crippen LogP contribution is -1.95. The van der Waals surface area contributed by atoms with Gasteiger partial charge in [-0.3, -0.25) is 5.43 Å². The molecular formula is C31H27N3OS. The number of benzene rings is 4. The number of hydrogen-bond acceptors (Lipinski definition) is 5. The summed E-state index contributed by atoms with van der Waals surface area (Å²) in [7, 11) is 0. The van der Waals surface area contributed by atoms with Crippen molar-refractivity contribution in [1.29, 1.82) is 0 Å². The fourth-order valence-corrected chi connectivity index (χ4v) is 4.67. The molecule has 178 valence electrons. The molecule has 4 aromatic carbocycles. The Labute approximate surface area is 216 Å². The zero-order valence-corrected chi connectivity index (χ0v) is 21.1. The molecule has 0 aliphatic rings. The minimum absolute atomic E-state index is 0.548. The van der Waals surface area contributed by atoms with Gasteiger partial charge in [0.15, 0.2) is 0 Å². The number of nitrogens with zero attached hydrogens (tertiary/aromatic N) is 2. The summed E-state index contributed by atoms with van der Waals surface area (Å²) in [4.78, 5) is 5.98. The molecule has 5 aromatic rings. The van der Waals surface area contributed by atoms with E-state index in [0.717, 1.165) is 43.7 Å². The number of aromatic nitrogens is 1. The fraction of sp³-hybridized carbons (Fsp3) is 0.0968. The van der Waals surface area contributed by atoms with Gasteiger partial charge in [-0.1, -0.05) is 101 Å². The third-order valence-corrected chi connectivity index (χ3v) is 6.78. The van der Waals surface area contributed by atoms with E-state index in [2.05, 4.69) is 85.0 Å². The van der Waals surface area contributed by atoms with E-state index in [0.29, 0.717) is 6.61 Å². The van der Waals surface area contributed by atoms with Gasteiger partial charge in [0.25, 0.3) is 0 Å². The highest BCUT2D eigenvalue weighted by molar-refractivity contribution is 7.19. The zero-order chi connectivity index (χ0) is 24.7. The predicted octanol–water partition coefficient (Wildman–Crippen LogP) is 8.12. The van der Waals surface area contributed by atoms with Crippen LogP contribution in [0.5, 0.6) is 5.75 Å². The van der Waals surface area contributed by atoms with Crippen molar-refractivity contribution in [3.05, 3.63) is 125 Å². The van der Waals surface area contributed by atoms with Crippen molar-refractivity contribution in [1.82, 2.24) is 4.98 Å². The van der Waals surface area contributed by atoms with Crippen LogP contribution in [0.2, 0.25) is 0 Å². The second kappa shape index (κ2) is 11.0. The van der Waals surface area contributed by atoms with Gasteiger partial charge in [-0.25, -0.2) is 4.98 Å². The molecule has 4 nitrogen and oxygen atoms in total. The van der Waals surface area contributed by atoms with E-state index in [1.54, 1.807) is 17.6 Å². The van der Waals surface area contributed by atoms with Crippen molar-refractivity contribution in [3.8, 4) is 27.4 Å². The van der Waals surface area contributed by atoms with Crippen molar-refractivity contribution in [2.45, 2.75) is 20.5 Å². The number of nitrogens with one attached hydrogen (secondary N) is 1. The monoisotopic (exact) mass is 489 g/mol. The first-order valence-electron chi connectivity index (χ1n) is 11.8. The number of aryl methyl sites for hydroxylation is 2. The Morgan fingerprint density at radius 2 is 1.44 bits per heavy atom. The number of rotatable bonds is 8. The Bertz CT molecular complexity index is 1440. The molecule has 36 heavy (non-hydrogen) atoms. The van der Waals surface area contributed by atoms with E-state index in [1.165, 1.54) is 11.1 Å². The summed E-state index contributed by atoms with van der Waals surface area (Å²) in [5.74, 6) is 0.829. The Balaban J connectivity index is 1.27. The van der Waals surface area contributed by atoms with Crippen LogP contribution in [0.25, 0.3) is 21.7 Å². The zero-order valence-electron chi connectivity index (χ0n) is 20.3. The van der Waals surface area contributed by atoms with Gasteiger partial charge in [0.1, 0.15) is 12.4 Å². The molecule has 5 rings (SSSR count). The number of hydrazone groups is 1. The lowest BCUT2D eigenvalue weighted by atomic mass is 10.1. The average molecular weight is 490 g/mol. The van der Waals surface area contributed by atoms with Crippen LogP contribution in [0.4, 0.5) is 5.13 Å². The molecule has 1 N–H and O–H groups in total. The Kier molecular flexibility index (Phi) is 7.20. The second-order valence-electron chi connectivity index (χ2n) is 8.64.